The molecular weight excluding hydrogens is 320 g/mol. The van der Waals surface area contributed by atoms with E-state index < -0.39 is 0 Å². The van der Waals surface area contributed by atoms with Gasteiger partial charge in [-0.2, -0.15) is 0 Å². The van der Waals surface area contributed by atoms with Gasteiger partial charge in [-0.1, -0.05) is 66.7 Å². The molecule has 0 fully saturated rings. The van der Waals surface area contributed by atoms with Crippen molar-refractivity contribution in [1.29, 1.82) is 0 Å². The van der Waals surface area contributed by atoms with Crippen LogP contribution in [0.25, 0.3) is 10.8 Å². The van der Waals surface area contributed by atoms with Crippen LogP contribution >= 0.6 is 0 Å². The Morgan fingerprint density at radius 3 is 2.00 bits per heavy atom. The monoisotopic (exact) mass is 340 g/mol. The predicted molar refractivity (Wildman–Crippen MR) is 106 cm³/mol. The largest absolute Gasteiger partial charge is 0.508 e. The molecule has 1 unspecified atom stereocenters. The standard InChI is InChI=1S/C24H20O2/c1-26-21-15-11-19(12-16-21)24(18-9-13-20(25)14-10-18)23-8-4-6-17-5-2-3-7-22(17)23/h2-16,24-25H,1H3. The molecule has 0 aromatic heterocycles. The Bertz CT molecular complexity index is 1010. The summed E-state index contributed by atoms with van der Waals surface area (Å²) >= 11 is 0. The Kier molecular flexibility index (Phi) is 4.32. The molecule has 0 amide bonds. The molecule has 1 N–H and O–H groups in total. The second-order valence-electron chi connectivity index (χ2n) is 6.37. The van der Waals surface area contributed by atoms with Crippen molar-refractivity contribution in [2.45, 2.75) is 5.92 Å². The SMILES string of the molecule is COc1ccc(C(c2ccc(O)cc2)c2cccc3ccccc23)cc1. The number of benzene rings is 4. The molecule has 0 saturated carbocycles. The van der Waals surface area contributed by atoms with Crippen LogP contribution in [-0.4, -0.2) is 12.2 Å². The first kappa shape index (κ1) is 16.2. The van der Waals surface area contributed by atoms with Crippen LogP contribution in [0, 0.1) is 0 Å². The van der Waals surface area contributed by atoms with E-state index in [1.165, 1.54) is 21.9 Å². The van der Waals surface area contributed by atoms with Gasteiger partial charge in [0.05, 0.1) is 7.11 Å². The van der Waals surface area contributed by atoms with Crippen molar-refractivity contribution < 1.29 is 9.84 Å². The van der Waals surface area contributed by atoms with E-state index in [-0.39, 0.29) is 11.7 Å². The first-order valence-electron chi connectivity index (χ1n) is 8.67. The van der Waals surface area contributed by atoms with Gasteiger partial charge in [-0.15, -0.1) is 0 Å². The van der Waals surface area contributed by atoms with Gasteiger partial charge in [-0.3, -0.25) is 0 Å². The summed E-state index contributed by atoms with van der Waals surface area (Å²) in [7, 11) is 1.68. The van der Waals surface area contributed by atoms with Crippen molar-refractivity contribution in [2.75, 3.05) is 7.11 Å². The highest BCUT2D eigenvalue weighted by Gasteiger charge is 2.19. The molecule has 0 radical (unpaired) electrons. The van der Waals surface area contributed by atoms with Crippen LogP contribution in [0.1, 0.15) is 22.6 Å². The summed E-state index contributed by atoms with van der Waals surface area (Å²) in [5.41, 5.74) is 3.58. The van der Waals surface area contributed by atoms with E-state index >= 15 is 0 Å². The fourth-order valence-corrected chi connectivity index (χ4v) is 3.52. The Labute approximate surface area is 153 Å². The highest BCUT2D eigenvalue weighted by Crippen LogP contribution is 2.37. The molecule has 0 saturated heterocycles. The molecule has 4 rings (SSSR count). The zero-order valence-electron chi connectivity index (χ0n) is 14.6. The highest BCUT2D eigenvalue weighted by molar-refractivity contribution is 5.87. The molecule has 1 atom stereocenters. The average molecular weight is 340 g/mol. The van der Waals surface area contributed by atoms with Crippen molar-refractivity contribution in [3.8, 4) is 11.5 Å². The van der Waals surface area contributed by atoms with Gasteiger partial charge in [0, 0.05) is 5.92 Å². The molecule has 4 aromatic rings. The molecular formula is C24H20O2. The summed E-state index contributed by atoms with van der Waals surface area (Å²) in [4.78, 5) is 0. The average Bonchev–Trinajstić information content (AvgIpc) is 2.70. The van der Waals surface area contributed by atoms with Crippen LogP contribution in [0.15, 0.2) is 91.0 Å². The zero-order chi connectivity index (χ0) is 17.9. The van der Waals surface area contributed by atoms with Crippen molar-refractivity contribution in [2.24, 2.45) is 0 Å². The van der Waals surface area contributed by atoms with Crippen molar-refractivity contribution in [3.63, 3.8) is 0 Å². The number of rotatable bonds is 4. The fraction of sp³-hybridized carbons (Fsp3) is 0.0833. The molecule has 0 aliphatic carbocycles. The van der Waals surface area contributed by atoms with Gasteiger partial charge in [0.15, 0.2) is 0 Å². The van der Waals surface area contributed by atoms with E-state index in [0.717, 1.165) is 11.3 Å². The van der Waals surface area contributed by atoms with E-state index in [0.29, 0.717) is 0 Å². The Hall–Kier alpha value is -3.26. The lowest BCUT2D eigenvalue weighted by Gasteiger charge is -2.21. The number of phenolic OH excluding ortho intramolecular Hbond substituents is 1. The van der Waals surface area contributed by atoms with E-state index in [4.69, 9.17) is 4.74 Å². The third kappa shape index (κ3) is 3.02. The Balaban J connectivity index is 1.93. The maximum atomic E-state index is 9.70. The molecule has 0 bridgehead atoms. The minimum absolute atomic E-state index is 0.0765. The van der Waals surface area contributed by atoms with Crippen LogP contribution in [0.2, 0.25) is 0 Å². The molecule has 2 nitrogen and oxygen atoms in total. The third-order valence-corrected chi connectivity index (χ3v) is 4.81. The van der Waals surface area contributed by atoms with Gasteiger partial charge >= 0.3 is 0 Å². The summed E-state index contributed by atoms with van der Waals surface area (Å²) in [5, 5.41) is 12.2. The minimum Gasteiger partial charge on any atom is -0.508 e. The van der Waals surface area contributed by atoms with Gasteiger partial charge in [-0.25, -0.2) is 0 Å². The second kappa shape index (κ2) is 6.93. The Morgan fingerprint density at radius 2 is 1.31 bits per heavy atom. The summed E-state index contributed by atoms with van der Waals surface area (Å²) < 4.78 is 5.31. The van der Waals surface area contributed by atoms with E-state index in [1.807, 2.05) is 24.3 Å². The Morgan fingerprint density at radius 1 is 0.692 bits per heavy atom. The highest BCUT2D eigenvalue weighted by atomic mass is 16.5. The van der Waals surface area contributed by atoms with Crippen molar-refractivity contribution in [3.05, 3.63) is 108 Å². The molecule has 2 heteroatoms. The summed E-state index contributed by atoms with van der Waals surface area (Å²) in [6, 6.07) is 30.6. The van der Waals surface area contributed by atoms with Crippen LogP contribution in [0.3, 0.4) is 0 Å². The number of fused-ring (bicyclic) bond motifs is 1. The lowest BCUT2D eigenvalue weighted by Crippen LogP contribution is -2.04. The van der Waals surface area contributed by atoms with Gasteiger partial charge in [0.25, 0.3) is 0 Å². The molecule has 0 heterocycles. The fourth-order valence-electron chi connectivity index (χ4n) is 3.52. The smallest absolute Gasteiger partial charge is 0.118 e. The number of methoxy groups -OCH3 is 1. The molecule has 0 aliphatic rings. The van der Waals surface area contributed by atoms with Crippen LogP contribution in [0.4, 0.5) is 0 Å². The maximum absolute atomic E-state index is 9.70. The number of ether oxygens (including phenoxy) is 1. The summed E-state index contributed by atoms with van der Waals surface area (Å²) in [6.07, 6.45) is 0. The van der Waals surface area contributed by atoms with Crippen LogP contribution in [0.5, 0.6) is 11.5 Å². The molecule has 128 valence electrons. The lowest BCUT2D eigenvalue weighted by molar-refractivity contribution is 0.414. The third-order valence-electron chi connectivity index (χ3n) is 4.81. The van der Waals surface area contributed by atoms with Crippen LogP contribution < -0.4 is 4.74 Å². The summed E-state index contributed by atoms with van der Waals surface area (Å²) in [6.45, 7) is 0. The van der Waals surface area contributed by atoms with E-state index in [1.54, 1.807) is 19.2 Å². The van der Waals surface area contributed by atoms with E-state index in [2.05, 4.69) is 54.6 Å². The van der Waals surface area contributed by atoms with Gasteiger partial charge < -0.3 is 9.84 Å². The normalized spacial score (nSPS) is 12.0. The van der Waals surface area contributed by atoms with Crippen LogP contribution in [-0.2, 0) is 0 Å². The van der Waals surface area contributed by atoms with Gasteiger partial charge in [0.2, 0.25) is 0 Å². The van der Waals surface area contributed by atoms with Gasteiger partial charge in [-0.05, 0) is 51.7 Å². The molecule has 0 spiro atoms. The molecule has 0 aliphatic heterocycles. The van der Waals surface area contributed by atoms with E-state index in [9.17, 15) is 5.11 Å². The predicted octanol–water partition coefficient (Wildman–Crippen LogP) is 5.73. The van der Waals surface area contributed by atoms with Crippen molar-refractivity contribution >= 4 is 10.8 Å². The maximum Gasteiger partial charge on any atom is 0.118 e. The molecule has 4 aromatic carbocycles. The number of phenols is 1. The van der Waals surface area contributed by atoms with Gasteiger partial charge in [0.1, 0.15) is 11.5 Å². The zero-order valence-corrected chi connectivity index (χ0v) is 14.6. The minimum atomic E-state index is 0.0765. The topological polar surface area (TPSA) is 29.5 Å². The number of hydrogen-bond donors (Lipinski definition) is 1. The second-order valence-corrected chi connectivity index (χ2v) is 6.37. The van der Waals surface area contributed by atoms with Crippen molar-refractivity contribution in [1.82, 2.24) is 0 Å². The number of hydrogen-bond acceptors (Lipinski definition) is 2. The first-order chi connectivity index (χ1) is 12.8. The first-order valence-corrected chi connectivity index (χ1v) is 8.67. The quantitative estimate of drug-likeness (QED) is 0.480. The lowest BCUT2D eigenvalue weighted by atomic mass is 9.83. The molecule has 26 heavy (non-hydrogen) atoms. The number of aromatic hydroxyl groups is 1. The summed E-state index contributed by atoms with van der Waals surface area (Å²) in [5.74, 6) is 1.20.